The largest absolute Gasteiger partial charge is 0.245 e. The summed E-state index contributed by atoms with van der Waals surface area (Å²) in [7, 11) is -3.44. The lowest BCUT2D eigenvalue weighted by Crippen LogP contribution is -2.24. The van der Waals surface area contributed by atoms with Crippen molar-refractivity contribution in [2.75, 3.05) is 0 Å². The molecule has 0 aliphatic carbocycles. The number of rotatable bonds is 5. The molecule has 0 aliphatic rings. The van der Waals surface area contributed by atoms with Crippen LogP contribution in [0, 0.1) is 12.7 Å². The van der Waals surface area contributed by atoms with E-state index < -0.39 is 10.0 Å². The molecule has 1 aromatic carbocycles. The maximum atomic E-state index is 12.7. The second-order valence-electron chi connectivity index (χ2n) is 4.06. The van der Waals surface area contributed by atoms with Crippen LogP contribution in [-0.2, 0) is 22.3 Å². The van der Waals surface area contributed by atoms with Crippen molar-refractivity contribution in [3.05, 3.63) is 51.7 Å². The molecule has 0 unspecified atom stereocenters. The van der Waals surface area contributed by atoms with Crippen molar-refractivity contribution in [2.24, 2.45) is 0 Å². The highest BCUT2D eigenvalue weighted by atomic mass is 32.2. The van der Waals surface area contributed by atoms with Gasteiger partial charge in [-0.15, -0.1) is 11.3 Å². The van der Waals surface area contributed by atoms with Gasteiger partial charge in [-0.1, -0.05) is 12.1 Å². The minimum absolute atomic E-state index is 0.170. The van der Waals surface area contributed by atoms with Crippen molar-refractivity contribution in [1.29, 1.82) is 0 Å². The van der Waals surface area contributed by atoms with E-state index in [-0.39, 0.29) is 18.1 Å². The Labute approximate surface area is 115 Å². The second kappa shape index (κ2) is 5.77. The SMILES string of the molecule is Cc1nc(CNS(=O)(=O)Cc2ccc(F)cc2)cs1. The molecule has 0 radical (unpaired) electrons. The van der Waals surface area contributed by atoms with Crippen LogP contribution in [0.5, 0.6) is 0 Å². The number of nitrogens with zero attached hydrogens (tertiary/aromatic N) is 1. The van der Waals surface area contributed by atoms with Crippen molar-refractivity contribution >= 4 is 21.4 Å². The lowest BCUT2D eigenvalue weighted by Gasteiger charge is -2.05. The van der Waals surface area contributed by atoms with Crippen molar-refractivity contribution in [1.82, 2.24) is 9.71 Å². The van der Waals surface area contributed by atoms with Gasteiger partial charge in [0.15, 0.2) is 0 Å². The first-order valence-electron chi connectivity index (χ1n) is 5.57. The number of aryl methyl sites for hydroxylation is 1. The molecular formula is C12H13FN2O2S2. The molecule has 0 aliphatic heterocycles. The molecule has 0 atom stereocenters. The number of sulfonamides is 1. The Morgan fingerprint density at radius 1 is 1.32 bits per heavy atom. The third kappa shape index (κ3) is 4.38. The number of halogens is 1. The average molecular weight is 300 g/mol. The van der Waals surface area contributed by atoms with Crippen LogP contribution in [0.4, 0.5) is 4.39 Å². The Balaban J connectivity index is 1.97. The van der Waals surface area contributed by atoms with Crippen molar-refractivity contribution < 1.29 is 12.8 Å². The lowest BCUT2D eigenvalue weighted by atomic mass is 10.2. The first kappa shape index (κ1) is 14.1. The summed E-state index contributed by atoms with van der Waals surface area (Å²) in [6.07, 6.45) is 0. The van der Waals surface area contributed by atoms with Gasteiger partial charge in [-0.05, 0) is 24.6 Å². The van der Waals surface area contributed by atoms with E-state index >= 15 is 0 Å². The number of hydrogen-bond donors (Lipinski definition) is 1. The molecule has 0 saturated carbocycles. The van der Waals surface area contributed by atoms with E-state index in [0.717, 1.165) is 5.01 Å². The van der Waals surface area contributed by atoms with E-state index in [0.29, 0.717) is 11.3 Å². The fraction of sp³-hybridized carbons (Fsp3) is 0.250. The van der Waals surface area contributed by atoms with Gasteiger partial charge in [-0.3, -0.25) is 0 Å². The van der Waals surface area contributed by atoms with Crippen molar-refractivity contribution in [2.45, 2.75) is 19.2 Å². The molecule has 2 aromatic rings. The maximum Gasteiger partial charge on any atom is 0.216 e. The Bertz CT molecular complexity index is 651. The summed E-state index contributed by atoms with van der Waals surface area (Å²) in [4.78, 5) is 4.17. The summed E-state index contributed by atoms with van der Waals surface area (Å²) in [5.41, 5.74) is 1.24. The summed E-state index contributed by atoms with van der Waals surface area (Å²) in [5, 5.41) is 2.71. The fourth-order valence-corrected chi connectivity index (χ4v) is 3.24. The zero-order chi connectivity index (χ0) is 13.9. The van der Waals surface area contributed by atoms with Crippen LogP contribution in [0.25, 0.3) is 0 Å². The molecule has 19 heavy (non-hydrogen) atoms. The van der Waals surface area contributed by atoms with E-state index in [1.54, 1.807) is 0 Å². The van der Waals surface area contributed by atoms with E-state index in [1.165, 1.54) is 35.6 Å². The Morgan fingerprint density at radius 3 is 2.58 bits per heavy atom. The number of benzene rings is 1. The van der Waals surface area contributed by atoms with Gasteiger partial charge in [0.05, 0.1) is 23.0 Å². The molecule has 1 N–H and O–H groups in total. The van der Waals surface area contributed by atoms with Crippen molar-refractivity contribution in [3.8, 4) is 0 Å². The molecule has 102 valence electrons. The number of nitrogens with one attached hydrogen (secondary N) is 1. The third-order valence-corrected chi connectivity index (χ3v) is 4.53. The Morgan fingerprint density at radius 2 is 2.00 bits per heavy atom. The first-order chi connectivity index (χ1) is 8.94. The first-order valence-corrected chi connectivity index (χ1v) is 8.10. The highest BCUT2D eigenvalue weighted by molar-refractivity contribution is 7.88. The molecule has 7 heteroatoms. The molecule has 4 nitrogen and oxygen atoms in total. The predicted molar refractivity (Wildman–Crippen MR) is 72.7 cm³/mol. The summed E-state index contributed by atoms with van der Waals surface area (Å²) < 4.78 is 38.9. The quantitative estimate of drug-likeness (QED) is 0.921. The number of thiazole rings is 1. The van der Waals surface area contributed by atoms with Gasteiger partial charge in [0, 0.05) is 5.38 Å². The van der Waals surface area contributed by atoms with Gasteiger partial charge in [0.1, 0.15) is 5.82 Å². The maximum absolute atomic E-state index is 12.7. The van der Waals surface area contributed by atoms with E-state index in [4.69, 9.17) is 0 Å². The van der Waals surface area contributed by atoms with Crippen LogP contribution in [-0.4, -0.2) is 13.4 Å². The highest BCUT2D eigenvalue weighted by Gasteiger charge is 2.12. The second-order valence-corrected chi connectivity index (χ2v) is 6.93. The molecule has 2 rings (SSSR count). The minimum atomic E-state index is -3.44. The molecule has 0 bridgehead atoms. The smallest absolute Gasteiger partial charge is 0.216 e. The van der Waals surface area contributed by atoms with Gasteiger partial charge in [0.2, 0.25) is 10.0 Å². The van der Waals surface area contributed by atoms with Gasteiger partial charge in [0.25, 0.3) is 0 Å². The van der Waals surface area contributed by atoms with Gasteiger partial charge < -0.3 is 0 Å². The summed E-state index contributed by atoms with van der Waals surface area (Å²) in [6.45, 7) is 2.04. The topological polar surface area (TPSA) is 59.1 Å². The number of hydrogen-bond acceptors (Lipinski definition) is 4. The van der Waals surface area contributed by atoms with E-state index in [1.807, 2.05) is 12.3 Å². The summed E-state index contributed by atoms with van der Waals surface area (Å²) in [5.74, 6) is -0.553. The van der Waals surface area contributed by atoms with Crippen LogP contribution < -0.4 is 4.72 Å². The van der Waals surface area contributed by atoms with Gasteiger partial charge in [-0.2, -0.15) is 0 Å². The van der Waals surface area contributed by atoms with Crippen LogP contribution >= 0.6 is 11.3 Å². The monoisotopic (exact) mass is 300 g/mol. The molecule has 0 saturated heterocycles. The predicted octanol–water partition coefficient (Wildman–Crippen LogP) is 2.21. The van der Waals surface area contributed by atoms with Crippen molar-refractivity contribution in [3.63, 3.8) is 0 Å². The third-order valence-electron chi connectivity index (χ3n) is 2.41. The Kier molecular flexibility index (Phi) is 4.28. The van der Waals surface area contributed by atoms with Crippen LogP contribution in [0.2, 0.25) is 0 Å². The number of aromatic nitrogens is 1. The van der Waals surface area contributed by atoms with E-state index in [2.05, 4.69) is 9.71 Å². The minimum Gasteiger partial charge on any atom is -0.245 e. The Hall–Kier alpha value is -1.31. The fourth-order valence-electron chi connectivity index (χ4n) is 1.52. The molecule has 1 heterocycles. The normalized spacial score (nSPS) is 11.7. The van der Waals surface area contributed by atoms with E-state index in [9.17, 15) is 12.8 Å². The van der Waals surface area contributed by atoms with Crippen LogP contribution in [0.1, 0.15) is 16.3 Å². The molecular weight excluding hydrogens is 287 g/mol. The standard InChI is InChI=1S/C12H13FN2O2S2/c1-9-15-12(7-18-9)6-14-19(16,17)8-10-2-4-11(13)5-3-10/h2-5,7,14H,6,8H2,1H3. The molecule has 0 amide bonds. The van der Waals surface area contributed by atoms with Crippen LogP contribution in [0.3, 0.4) is 0 Å². The summed E-state index contributed by atoms with van der Waals surface area (Å²) >= 11 is 1.47. The lowest BCUT2D eigenvalue weighted by molar-refractivity contribution is 0.579. The summed E-state index contributed by atoms with van der Waals surface area (Å²) in [6, 6.07) is 5.41. The van der Waals surface area contributed by atoms with Gasteiger partial charge >= 0.3 is 0 Å². The molecule has 0 spiro atoms. The van der Waals surface area contributed by atoms with Gasteiger partial charge in [-0.25, -0.2) is 22.5 Å². The zero-order valence-electron chi connectivity index (χ0n) is 10.3. The van der Waals surface area contributed by atoms with Crippen LogP contribution in [0.15, 0.2) is 29.6 Å². The zero-order valence-corrected chi connectivity index (χ0v) is 11.9. The average Bonchev–Trinajstić information content (AvgIpc) is 2.76. The highest BCUT2D eigenvalue weighted by Crippen LogP contribution is 2.10. The molecule has 0 fully saturated rings. The molecule has 1 aromatic heterocycles.